The molecule has 0 aliphatic carbocycles. The van der Waals surface area contributed by atoms with Crippen LogP contribution in [0.3, 0.4) is 0 Å². The van der Waals surface area contributed by atoms with Crippen molar-refractivity contribution >= 4 is 10.0 Å². The van der Waals surface area contributed by atoms with Gasteiger partial charge >= 0.3 is 0 Å². The Hall–Kier alpha value is -0.950. The molecule has 5 nitrogen and oxygen atoms in total. The molecular formula is C16H24N2O3S. The molecule has 2 aliphatic rings. The highest BCUT2D eigenvalue weighted by atomic mass is 32.2. The number of rotatable bonds is 4. The van der Waals surface area contributed by atoms with Crippen molar-refractivity contribution in [3.05, 3.63) is 29.8 Å². The largest absolute Gasteiger partial charge is 0.379 e. The summed E-state index contributed by atoms with van der Waals surface area (Å²) in [4.78, 5) is 2.75. The second-order valence-corrected chi connectivity index (χ2v) is 7.94. The minimum absolute atomic E-state index is 0.417. The van der Waals surface area contributed by atoms with E-state index >= 15 is 0 Å². The summed E-state index contributed by atoms with van der Waals surface area (Å²) in [6.07, 6.45) is 3.06. The van der Waals surface area contributed by atoms with E-state index in [1.807, 2.05) is 12.1 Å². The Morgan fingerprint density at radius 3 is 2.18 bits per heavy atom. The van der Waals surface area contributed by atoms with Crippen molar-refractivity contribution in [3.63, 3.8) is 0 Å². The fourth-order valence-electron chi connectivity index (χ4n) is 3.04. The predicted octanol–water partition coefficient (Wildman–Crippen LogP) is 1.69. The highest BCUT2D eigenvalue weighted by Gasteiger charge is 2.25. The number of ether oxygens (including phenoxy) is 1. The molecule has 22 heavy (non-hydrogen) atoms. The molecule has 0 radical (unpaired) electrons. The van der Waals surface area contributed by atoms with E-state index in [9.17, 15) is 8.42 Å². The van der Waals surface area contributed by atoms with Gasteiger partial charge in [0.25, 0.3) is 0 Å². The van der Waals surface area contributed by atoms with Crippen molar-refractivity contribution in [2.24, 2.45) is 0 Å². The van der Waals surface area contributed by atoms with Gasteiger partial charge in [-0.15, -0.1) is 0 Å². The molecule has 0 saturated carbocycles. The first-order chi connectivity index (χ1) is 10.7. The Balaban J connectivity index is 1.67. The highest BCUT2D eigenvalue weighted by Crippen LogP contribution is 2.21. The van der Waals surface area contributed by atoms with Gasteiger partial charge in [-0.05, 0) is 30.5 Å². The van der Waals surface area contributed by atoms with Crippen LogP contribution < -0.4 is 0 Å². The molecule has 2 aliphatic heterocycles. The average Bonchev–Trinajstić information content (AvgIpc) is 2.57. The van der Waals surface area contributed by atoms with Crippen LogP contribution in [0.15, 0.2) is 29.2 Å². The lowest BCUT2D eigenvalue weighted by atomic mass is 10.2. The zero-order valence-electron chi connectivity index (χ0n) is 12.9. The molecule has 3 rings (SSSR count). The quantitative estimate of drug-likeness (QED) is 0.846. The molecule has 0 atom stereocenters. The Labute approximate surface area is 132 Å². The van der Waals surface area contributed by atoms with E-state index in [-0.39, 0.29) is 0 Å². The Bertz CT molecular complexity index is 574. The summed E-state index contributed by atoms with van der Waals surface area (Å²) in [5.74, 6) is 0. The summed E-state index contributed by atoms with van der Waals surface area (Å²) in [5, 5.41) is 0. The Kier molecular flexibility index (Phi) is 5.13. The van der Waals surface area contributed by atoms with Crippen LogP contribution in [0.1, 0.15) is 24.8 Å². The van der Waals surface area contributed by atoms with Crippen molar-refractivity contribution in [3.8, 4) is 0 Å². The minimum Gasteiger partial charge on any atom is -0.379 e. The first-order valence-corrected chi connectivity index (χ1v) is 9.49. The lowest BCUT2D eigenvalue weighted by molar-refractivity contribution is 0.0342. The molecule has 2 heterocycles. The van der Waals surface area contributed by atoms with Gasteiger partial charge in [0.2, 0.25) is 10.0 Å². The van der Waals surface area contributed by atoms with Crippen LogP contribution in [-0.4, -0.2) is 57.0 Å². The minimum atomic E-state index is -3.31. The summed E-state index contributed by atoms with van der Waals surface area (Å²) in [5.41, 5.74) is 1.15. The smallest absolute Gasteiger partial charge is 0.243 e. The van der Waals surface area contributed by atoms with Gasteiger partial charge in [-0.25, -0.2) is 8.42 Å². The van der Waals surface area contributed by atoms with Crippen molar-refractivity contribution in [2.75, 3.05) is 39.4 Å². The standard InChI is InChI=1S/C16H24N2O3S/c19-22(20,18-8-2-1-3-9-18)16-6-4-15(5-7-16)14-17-10-12-21-13-11-17/h4-7H,1-3,8-14H2. The van der Waals surface area contributed by atoms with Gasteiger partial charge in [0, 0.05) is 32.7 Å². The van der Waals surface area contributed by atoms with Gasteiger partial charge in [-0.1, -0.05) is 18.6 Å². The van der Waals surface area contributed by atoms with Gasteiger partial charge in [0.05, 0.1) is 18.1 Å². The summed E-state index contributed by atoms with van der Waals surface area (Å²) in [6.45, 7) is 5.59. The van der Waals surface area contributed by atoms with Crippen LogP contribution in [0.25, 0.3) is 0 Å². The second-order valence-electron chi connectivity index (χ2n) is 6.00. The lowest BCUT2D eigenvalue weighted by Crippen LogP contribution is -2.36. The Morgan fingerprint density at radius 2 is 1.55 bits per heavy atom. The molecule has 0 N–H and O–H groups in total. The van der Waals surface area contributed by atoms with E-state index in [0.29, 0.717) is 18.0 Å². The molecular weight excluding hydrogens is 300 g/mol. The number of piperidine rings is 1. The summed E-state index contributed by atoms with van der Waals surface area (Å²) >= 11 is 0. The molecule has 1 aromatic carbocycles. The third-order valence-corrected chi connectivity index (χ3v) is 6.30. The second kappa shape index (κ2) is 7.08. The van der Waals surface area contributed by atoms with Crippen LogP contribution in [0, 0.1) is 0 Å². The maximum Gasteiger partial charge on any atom is 0.243 e. The fourth-order valence-corrected chi connectivity index (χ4v) is 4.56. The number of benzene rings is 1. The van der Waals surface area contributed by atoms with E-state index in [4.69, 9.17) is 4.74 Å². The van der Waals surface area contributed by atoms with Crippen LogP contribution in [0.4, 0.5) is 0 Å². The number of sulfonamides is 1. The third kappa shape index (κ3) is 3.68. The van der Waals surface area contributed by atoms with E-state index in [2.05, 4.69) is 4.90 Å². The summed E-state index contributed by atoms with van der Waals surface area (Å²) in [7, 11) is -3.31. The molecule has 122 valence electrons. The van der Waals surface area contributed by atoms with Crippen molar-refractivity contribution in [1.29, 1.82) is 0 Å². The maximum absolute atomic E-state index is 12.6. The highest BCUT2D eigenvalue weighted by molar-refractivity contribution is 7.89. The molecule has 0 spiro atoms. The first-order valence-electron chi connectivity index (χ1n) is 8.05. The molecule has 2 fully saturated rings. The lowest BCUT2D eigenvalue weighted by Gasteiger charge is -2.27. The third-order valence-electron chi connectivity index (χ3n) is 4.39. The average molecular weight is 324 g/mol. The van der Waals surface area contributed by atoms with Gasteiger partial charge in [0.1, 0.15) is 0 Å². The SMILES string of the molecule is O=S(=O)(c1ccc(CN2CCOCC2)cc1)N1CCCCC1. The van der Waals surface area contributed by atoms with Crippen LogP contribution >= 0.6 is 0 Å². The monoisotopic (exact) mass is 324 g/mol. The number of hydrogen-bond acceptors (Lipinski definition) is 4. The van der Waals surface area contributed by atoms with E-state index in [1.54, 1.807) is 16.4 Å². The summed E-state index contributed by atoms with van der Waals surface area (Å²) in [6, 6.07) is 7.37. The molecule has 0 unspecified atom stereocenters. The maximum atomic E-state index is 12.6. The molecule has 0 amide bonds. The molecule has 0 aromatic heterocycles. The van der Waals surface area contributed by atoms with Gasteiger partial charge in [-0.3, -0.25) is 4.90 Å². The normalized spacial score (nSPS) is 21.8. The predicted molar refractivity (Wildman–Crippen MR) is 85.1 cm³/mol. The fraction of sp³-hybridized carbons (Fsp3) is 0.625. The van der Waals surface area contributed by atoms with E-state index in [1.165, 1.54) is 0 Å². The molecule has 2 saturated heterocycles. The van der Waals surface area contributed by atoms with E-state index < -0.39 is 10.0 Å². The summed E-state index contributed by atoms with van der Waals surface area (Å²) < 4.78 is 32.1. The molecule has 0 bridgehead atoms. The number of morpholine rings is 1. The molecule has 1 aromatic rings. The van der Waals surface area contributed by atoms with Gasteiger partial charge in [0.15, 0.2) is 0 Å². The zero-order valence-corrected chi connectivity index (χ0v) is 13.7. The van der Waals surface area contributed by atoms with Gasteiger partial charge in [-0.2, -0.15) is 4.31 Å². The Morgan fingerprint density at radius 1 is 0.909 bits per heavy atom. The van der Waals surface area contributed by atoms with E-state index in [0.717, 1.165) is 57.7 Å². The van der Waals surface area contributed by atoms with Crippen LogP contribution in [0.2, 0.25) is 0 Å². The zero-order chi connectivity index (χ0) is 15.4. The van der Waals surface area contributed by atoms with Crippen LogP contribution in [0.5, 0.6) is 0 Å². The van der Waals surface area contributed by atoms with Crippen molar-refractivity contribution < 1.29 is 13.2 Å². The molecule has 6 heteroatoms. The topological polar surface area (TPSA) is 49.9 Å². The van der Waals surface area contributed by atoms with Crippen LogP contribution in [-0.2, 0) is 21.3 Å². The number of nitrogens with zero attached hydrogens (tertiary/aromatic N) is 2. The van der Waals surface area contributed by atoms with Crippen molar-refractivity contribution in [1.82, 2.24) is 9.21 Å². The van der Waals surface area contributed by atoms with Gasteiger partial charge < -0.3 is 4.74 Å². The first kappa shape index (κ1) is 15.9. The van der Waals surface area contributed by atoms with Crippen molar-refractivity contribution in [2.45, 2.75) is 30.7 Å². The number of hydrogen-bond donors (Lipinski definition) is 0.